The molecule has 0 aromatic heterocycles. The smallest absolute Gasteiger partial charge is 0.226 e. The molecule has 0 fully saturated rings. The van der Waals surface area contributed by atoms with Gasteiger partial charge in [0.1, 0.15) is 5.82 Å². The summed E-state index contributed by atoms with van der Waals surface area (Å²) in [7, 11) is 0. The number of hydrogen-bond donors (Lipinski definition) is 2. The van der Waals surface area contributed by atoms with Crippen LogP contribution in [0.25, 0.3) is 0 Å². The van der Waals surface area contributed by atoms with E-state index in [0.717, 1.165) is 6.42 Å². The van der Waals surface area contributed by atoms with Crippen LogP contribution in [0, 0.1) is 11.7 Å². The molecule has 4 nitrogen and oxygen atoms in total. The summed E-state index contributed by atoms with van der Waals surface area (Å²) in [6.07, 6.45) is 1.26. The Balaban J connectivity index is 2.25. The van der Waals surface area contributed by atoms with Crippen molar-refractivity contribution in [2.75, 3.05) is 24.3 Å². The maximum Gasteiger partial charge on any atom is 0.226 e. The lowest BCUT2D eigenvalue weighted by molar-refractivity contribution is -0.117. The number of rotatable bonds is 7. The number of nitrogens with two attached hydrogens (primary N) is 1. The second-order valence-electron chi connectivity index (χ2n) is 4.83. The minimum absolute atomic E-state index is 0.0194. The molecule has 0 aliphatic carbocycles. The number of ether oxygens (including phenoxy) is 1. The molecule has 1 aromatic rings. The van der Waals surface area contributed by atoms with Crippen molar-refractivity contribution >= 4 is 17.3 Å². The Bertz CT molecular complexity index is 422. The zero-order valence-corrected chi connectivity index (χ0v) is 11.4. The summed E-state index contributed by atoms with van der Waals surface area (Å²) < 4.78 is 18.3. The second kappa shape index (κ2) is 7.74. The van der Waals surface area contributed by atoms with Gasteiger partial charge in [-0.3, -0.25) is 4.79 Å². The number of hydrogen-bond acceptors (Lipinski definition) is 3. The van der Waals surface area contributed by atoms with Gasteiger partial charge in [-0.2, -0.15) is 0 Å². The molecule has 1 amide bonds. The highest BCUT2D eigenvalue weighted by molar-refractivity contribution is 5.91. The third-order valence-electron chi connectivity index (χ3n) is 2.59. The number of benzene rings is 1. The maximum atomic E-state index is 12.9. The highest BCUT2D eigenvalue weighted by Crippen LogP contribution is 2.16. The van der Waals surface area contributed by atoms with Crippen LogP contribution in [-0.2, 0) is 9.53 Å². The average Bonchev–Trinajstić information content (AvgIpc) is 2.33. The Kier molecular flexibility index (Phi) is 6.29. The van der Waals surface area contributed by atoms with Crippen molar-refractivity contribution in [1.29, 1.82) is 0 Å². The summed E-state index contributed by atoms with van der Waals surface area (Å²) in [5.74, 6) is -0.0680. The maximum absolute atomic E-state index is 12.9. The fraction of sp³-hybridized carbons (Fsp3) is 0.500. The van der Waals surface area contributed by atoms with E-state index in [1.165, 1.54) is 18.2 Å². The topological polar surface area (TPSA) is 64.3 Å². The minimum Gasteiger partial charge on any atom is -0.396 e. The lowest BCUT2D eigenvalue weighted by Gasteiger charge is -2.08. The molecule has 0 saturated heterocycles. The Morgan fingerprint density at radius 3 is 2.79 bits per heavy atom. The Labute approximate surface area is 113 Å². The molecular formula is C14H21FN2O2. The molecule has 0 bridgehead atoms. The number of anilines is 2. The normalized spacial score (nSPS) is 10.7. The molecule has 0 saturated carbocycles. The van der Waals surface area contributed by atoms with Gasteiger partial charge in [-0.05, 0) is 30.5 Å². The molecule has 1 rings (SSSR count). The third kappa shape index (κ3) is 6.20. The van der Waals surface area contributed by atoms with Crippen molar-refractivity contribution in [3.63, 3.8) is 0 Å². The molecule has 0 atom stereocenters. The molecule has 19 heavy (non-hydrogen) atoms. The van der Waals surface area contributed by atoms with Crippen LogP contribution in [-0.4, -0.2) is 19.1 Å². The largest absolute Gasteiger partial charge is 0.396 e. The van der Waals surface area contributed by atoms with Crippen LogP contribution in [0.2, 0.25) is 0 Å². The Hall–Kier alpha value is -1.62. The zero-order valence-electron chi connectivity index (χ0n) is 11.4. The fourth-order valence-electron chi connectivity index (χ4n) is 1.43. The van der Waals surface area contributed by atoms with Crippen molar-refractivity contribution < 1.29 is 13.9 Å². The van der Waals surface area contributed by atoms with Gasteiger partial charge in [-0.15, -0.1) is 0 Å². The molecule has 0 aliphatic heterocycles. The fourth-order valence-corrected chi connectivity index (χ4v) is 1.43. The van der Waals surface area contributed by atoms with E-state index >= 15 is 0 Å². The van der Waals surface area contributed by atoms with Crippen LogP contribution < -0.4 is 11.1 Å². The van der Waals surface area contributed by atoms with Gasteiger partial charge in [0.05, 0.1) is 18.7 Å². The summed E-state index contributed by atoms with van der Waals surface area (Å²) in [6, 6.07) is 4.10. The lowest BCUT2D eigenvalue weighted by atomic mass is 10.1. The van der Waals surface area contributed by atoms with Gasteiger partial charge in [-0.25, -0.2) is 4.39 Å². The zero-order chi connectivity index (χ0) is 14.3. The molecule has 0 spiro atoms. The molecule has 1 aromatic carbocycles. The van der Waals surface area contributed by atoms with Gasteiger partial charge >= 0.3 is 0 Å². The van der Waals surface area contributed by atoms with Gasteiger partial charge in [0.2, 0.25) is 5.91 Å². The summed E-state index contributed by atoms with van der Waals surface area (Å²) in [5, 5.41) is 2.64. The summed E-state index contributed by atoms with van der Waals surface area (Å²) >= 11 is 0. The standard InChI is InChI=1S/C14H21FN2O2/c1-10(2)5-7-19-8-6-14(18)17-11-3-4-12(15)13(16)9-11/h3-4,9-10H,5-8,16H2,1-2H3,(H,17,18). The van der Waals surface area contributed by atoms with E-state index in [2.05, 4.69) is 19.2 Å². The monoisotopic (exact) mass is 268 g/mol. The first-order valence-corrected chi connectivity index (χ1v) is 6.41. The molecule has 5 heteroatoms. The number of carbonyl (C=O) groups excluding carboxylic acids is 1. The van der Waals surface area contributed by atoms with E-state index < -0.39 is 5.82 Å². The van der Waals surface area contributed by atoms with Crippen LogP contribution >= 0.6 is 0 Å². The van der Waals surface area contributed by atoms with E-state index in [0.29, 0.717) is 24.8 Å². The van der Waals surface area contributed by atoms with Gasteiger partial charge < -0.3 is 15.8 Å². The van der Waals surface area contributed by atoms with E-state index in [4.69, 9.17) is 10.5 Å². The van der Waals surface area contributed by atoms with Crippen LogP contribution in [0.3, 0.4) is 0 Å². The van der Waals surface area contributed by atoms with E-state index in [9.17, 15) is 9.18 Å². The van der Waals surface area contributed by atoms with Crippen LogP contribution in [0.4, 0.5) is 15.8 Å². The predicted octanol–water partition coefficient (Wildman–Crippen LogP) is 2.80. The highest BCUT2D eigenvalue weighted by Gasteiger charge is 2.05. The Morgan fingerprint density at radius 1 is 1.42 bits per heavy atom. The van der Waals surface area contributed by atoms with Crippen LogP contribution in [0.15, 0.2) is 18.2 Å². The SMILES string of the molecule is CC(C)CCOCCC(=O)Nc1ccc(F)c(N)c1. The summed E-state index contributed by atoms with van der Waals surface area (Å²) in [4.78, 5) is 11.6. The van der Waals surface area contributed by atoms with Gasteiger partial charge in [0.15, 0.2) is 0 Å². The molecule has 0 unspecified atom stereocenters. The highest BCUT2D eigenvalue weighted by atomic mass is 19.1. The predicted molar refractivity (Wildman–Crippen MR) is 74.3 cm³/mol. The third-order valence-corrected chi connectivity index (χ3v) is 2.59. The van der Waals surface area contributed by atoms with Crippen molar-refractivity contribution in [3.05, 3.63) is 24.0 Å². The summed E-state index contributed by atoms with van der Waals surface area (Å²) in [5.41, 5.74) is 5.92. The second-order valence-corrected chi connectivity index (χ2v) is 4.83. The first-order valence-electron chi connectivity index (χ1n) is 6.41. The molecular weight excluding hydrogens is 247 g/mol. The molecule has 0 heterocycles. The van der Waals surface area contributed by atoms with Crippen molar-refractivity contribution in [2.24, 2.45) is 5.92 Å². The van der Waals surface area contributed by atoms with Gasteiger partial charge in [0.25, 0.3) is 0 Å². The molecule has 106 valence electrons. The number of amides is 1. The van der Waals surface area contributed by atoms with Crippen molar-refractivity contribution in [1.82, 2.24) is 0 Å². The number of nitrogen functional groups attached to an aromatic ring is 1. The number of halogens is 1. The van der Waals surface area contributed by atoms with Crippen LogP contribution in [0.5, 0.6) is 0 Å². The summed E-state index contributed by atoms with van der Waals surface area (Å²) in [6.45, 7) is 5.29. The van der Waals surface area contributed by atoms with E-state index in [-0.39, 0.29) is 18.0 Å². The van der Waals surface area contributed by atoms with E-state index in [1.807, 2.05) is 0 Å². The first kappa shape index (κ1) is 15.4. The van der Waals surface area contributed by atoms with Crippen molar-refractivity contribution in [3.8, 4) is 0 Å². The number of carbonyl (C=O) groups is 1. The quantitative estimate of drug-likeness (QED) is 0.590. The Morgan fingerprint density at radius 2 is 2.16 bits per heavy atom. The number of nitrogens with one attached hydrogen (secondary N) is 1. The lowest BCUT2D eigenvalue weighted by Crippen LogP contribution is -2.15. The van der Waals surface area contributed by atoms with Crippen molar-refractivity contribution in [2.45, 2.75) is 26.7 Å². The van der Waals surface area contributed by atoms with E-state index in [1.54, 1.807) is 0 Å². The average molecular weight is 268 g/mol. The minimum atomic E-state index is -0.491. The van der Waals surface area contributed by atoms with Crippen LogP contribution in [0.1, 0.15) is 26.7 Å². The van der Waals surface area contributed by atoms with Gasteiger partial charge in [-0.1, -0.05) is 13.8 Å². The van der Waals surface area contributed by atoms with Gasteiger partial charge in [0, 0.05) is 12.3 Å². The molecule has 0 radical (unpaired) electrons. The first-order chi connectivity index (χ1) is 8.99. The molecule has 0 aliphatic rings. The molecule has 3 N–H and O–H groups in total.